The van der Waals surface area contributed by atoms with Crippen molar-refractivity contribution in [2.75, 3.05) is 0 Å². The van der Waals surface area contributed by atoms with Crippen LogP contribution in [-0.2, 0) is 5.41 Å². The van der Waals surface area contributed by atoms with E-state index >= 15 is 0 Å². The van der Waals surface area contributed by atoms with Gasteiger partial charge >= 0.3 is 0 Å². The Morgan fingerprint density at radius 1 is 0.929 bits per heavy atom. The monoisotopic (exact) mass is 382 g/mol. The minimum absolute atomic E-state index is 0.0845. The fourth-order valence-corrected chi connectivity index (χ4v) is 5.15. The lowest BCUT2D eigenvalue weighted by molar-refractivity contribution is 0.331. The second-order valence-corrected chi connectivity index (χ2v) is 8.27. The van der Waals surface area contributed by atoms with Crippen LogP contribution < -0.4 is 0 Å². The molecule has 136 valence electrons. The number of hydrogen-bond acceptors (Lipinski definition) is 1. The summed E-state index contributed by atoms with van der Waals surface area (Å²) in [6, 6.07) is 23.3. The number of benzene rings is 2. The van der Waals surface area contributed by atoms with Crippen LogP contribution in [0, 0.1) is 0 Å². The van der Waals surface area contributed by atoms with E-state index < -0.39 is 0 Å². The molecule has 0 bridgehead atoms. The minimum Gasteiger partial charge on any atom is -0.294 e. The number of halogens is 1. The molecule has 4 aromatic rings. The van der Waals surface area contributed by atoms with E-state index in [-0.39, 0.29) is 5.41 Å². The Labute approximate surface area is 169 Å². The third-order valence-electron chi connectivity index (χ3n) is 6.42. The summed E-state index contributed by atoms with van der Waals surface area (Å²) in [5, 5.41) is 2.07. The van der Waals surface area contributed by atoms with Crippen molar-refractivity contribution in [2.24, 2.45) is 0 Å². The summed E-state index contributed by atoms with van der Waals surface area (Å²) in [7, 11) is 0. The van der Waals surface area contributed by atoms with Crippen molar-refractivity contribution in [3.05, 3.63) is 94.8 Å². The summed E-state index contributed by atoms with van der Waals surface area (Å²) in [6.45, 7) is 0. The molecule has 0 amide bonds. The predicted molar refractivity (Wildman–Crippen MR) is 116 cm³/mol. The Morgan fingerprint density at radius 3 is 2.57 bits per heavy atom. The fourth-order valence-electron chi connectivity index (χ4n) is 4.98. The highest BCUT2D eigenvalue weighted by atomic mass is 35.5. The third kappa shape index (κ3) is 2.12. The molecule has 0 aliphatic heterocycles. The molecular formula is C25H19ClN2. The zero-order valence-electron chi connectivity index (χ0n) is 15.4. The van der Waals surface area contributed by atoms with Gasteiger partial charge in [0.05, 0.1) is 11.2 Å². The van der Waals surface area contributed by atoms with Crippen molar-refractivity contribution < 1.29 is 0 Å². The molecule has 6 rings (SSSR count). The molecular weight excluding hydrogens is 364 g/mol. The summed E-state index contributed by atoms with van der Waals surface area (Å²) in [5.41, 5.74) is 6.61. The molecule has 2 aliphatic carbocycles. The first-order valence-electron chi connectivity index (χ1n) is 9.81. The van der Waals surface area contributed by atoms with Crippen LogP contribution in [0.1, 0.15) is 36.1 Å². The molecule has 2 heterocycles. The highest BCUT2D eigenvalue weighted by Crippen LogP contribution is 2.59. The third-order valence-corrected chi connectivity index (χ3v) is 6.65. The molecule has 1 fully saturated rings. The van der Waals surface area contributed by atoms with Crippen LogP contribution in [0.3, 0.4) is 0 Å². The SMILES string of the molecule is Clc1ccc2c(c1)C1(CCC1)C(c1cc3ccccc3n1-c1ccccn1)=C2. The van der Waals surface area contributed by atoms with Crippen LogP contribution in [0.15, 0.2) is 72.9 Å². The molecule has 2 nitrogen and oxygen atoms in total. The van der Waals surface area contributed by atoms with E-state index in [1.54, 1.807) is 0 Å². The van der Waals surface area contributed by atoms with Crippen molar-refractivity contribution in [1.82, 2.24) is 9.55 Å². The standard InChI is InChI=1S/C25H19ClN2/c26-19-10-9-17-14-21(25(11-5-12-25)20(17)16-19)23-15-18-6-1-2-7-22(18)28(23)24-8-3-4-13-27-24/h1-4,6-10,13-16H,5,11-12H2. The topological polar surface area (TPSA) is 17.8 Å². The van der Waals surface area contributed by atoms with Gasteiger partial charge in [-0.2, -0.15) is 0 Å². The summed E-state index contributed by atoms with van der Waals surface area (Å²) in [5.74, 6) is 0.961. The molecule has 0 unspecified atom stereocenters. The highest BCUT2D eigenvalue weighted by molar-refractivity contribution is 6.30. The van der Waals surface area contributed by atoms with Crippen molar-refractivity contribution in [3.8, 4) is 5.82 Å². The first-order chi connectivity index (χ1) is 13.8. The van der Waals surface area contributed by atoms with Crippen LogP contribution in [0.5, 0.6) is 0 Å². The predicted octanol–water partition coefficient (Wildman–Crippen LogP) is 6.65. The van der Waals surface area contributed by atoms with Gasteiger partial charge in [0.1, 0.15) is 5.82 Å². The molecule has 1 saturated carbocycles. The smallest absolute Gasteiger partial charge is 0.137 e. The van der Waals surface area contributed by atoms with Crippen LogP contribution in [-0.4, -0.2) is 9.55 Å². The van der Waals surface area contributed by atoms with E-state index in [4.69, 9.17) is 11.6 Å². The lowest BCUT2D eigenvalue weighted by atomic mass is 9.61. The average Bonchev–Trinajstić information content (AvgIpc) is 3.23. The van der Waals surface area contributed by atoms with E-state index in [9.17, 15) is 0 Å². The van der Waals surface area contributed by atoms with Gasteiger partial charge < -0.3 is 0 Å². The molecule has 2 aromatic heterocycles. The molecule has 0 saturated heterocycles. The Balaban J connectivity index is 1.64. The summed E-state index contributed by atoms with van der Waals surface area (Å²) >= 11 is 6.38. The molecule has 0 radical (unpaired) electrons. The minimum atomic E-state index is 0.0845. The van der Waals surface area contributed by atoms with E-state index in [0.29, 0.717) is 0 Å². The van der Waals surface area contributed by atoms with Crippen molar-refractivity contribution in [2.45, 2.75) is 24.7 Å². The second-order valence-electron chi connectivity index (χ2n) is 7.84. The number of hydrogen-bond donors (Lipinski definition) is 0. The van der Waals surface area contributed by atoms with E-state index in [2.05, 4.69) is 70.2 Å². The van der Waals surface area contributed by atoms with E-state index in [1.807, 2.05) is 18.3 Å². The summed E-state index contributed by atoms with van der Waals surface area (Å²) in [6.07, 6.45) is 7.85. The molecule has 2 aromatic carbocycles. The van der Waals surface area contributed by atoms with Crippen molar-refractivity contribution >= 4 is 34.2 Å². The normalized spacial score (nSPS) is 16.8. The maximum absolute atomic E-state index is 6.38. The van der Waals surface area contributed by atoms with E-state index in [1.165, 1.54) is 52.6 Å². The maximum atomic E-state index is 6.38. The number of aromatic nitrogens is 2. The zero-order valence-corrected chi connectivity index (χ0v) is 16.2. The number of fused-ring (bicyclic) bond motifs is 3. The second kappa shape index (κ2) is 5.83. The molecule has 3 heteroatoms. The molecule has 0 N–H and O–H groups in total. The molecule has 0 atom stereocenters. The number of para-hydroxylation sites is 1. The summed E-state index contributed by atoms with van der Waals surface area (Å²) < 4.78 is 2.31. The Kier molecular flexibility index (Phi) is 3.36. The van der Waals surface area contributed by atoms with Gasteiger partial charge in [0.2, 0.25) is 0 Å². The van der Waals surface area contributed by atoms with Crippen molar-refractivity contribution in [1.29, 1.82) is 0 Å². The summed E-state index contributed by atoms with van der Waals surface area (Å²) in [4.78, 5) is 4.67. The molecule has 2 aliphatic rings. The number of rotatable bonds is 2. The van der Waals surface area contributed by atoms with Gasteiger partial charge in [-0.1, -0.05) is 48.4 Å². The van der Waals surface area contributed by atoms with Gasteiger partial charge in [0.15, 0.2) is 0 Å². The van der Waals surface area contributed by atoms with Crippen LogP contribution in [0.25, 0.3) is 28.4 Å². The number of allylic oxidation sites excluding steroid dienone is 1. The first-order valence-corrected chi connectivity index (χ1v) is 10.2. The Morgan fingerprint density at radius 2 is 1.79 bits per heavy atom. The maximum Gasteiger partial charge on any atom is 0.137 e. The van der Waals surface area contributed by atoms with Gasteiger partial charge in [0, 0.05) is 22.0 Å². The van der Waals surface area contributed by atoms with Gasteiger partial charge in [-0.05, 0) is 72.0 Å². The number of nitrogens with zero attached hydrogens (tertiary/aromatic N) is 2. The average molecular weight is 383 g/mol. The van der Waals surface area contributed by atoms with Gasteiger partial charge in [-0.3, -0.25) is 4.57 Å². The molecule has 28 heavy (non-hydrogen) atoms. The lowest BCUT2D eigenvalue weighted by Gasteiger charge is -2.42. The zero-order chi connectivity index (χ0) is 18.7. The first kappa shape index (κ1) is 16.1. The highest BCUT2D eigenvalue weighted by Gasteiger charge is 2.47. The van der Waals surface area contributed by atoms with Crippen LogP contribution in [0.2, 0.25) is 5.02 Å². The quantitative estimate of drug-likeness (QED) is 0.379. The Hall–Kier alpha value is -2.84. The number of pyridine rings is 1. The van der Waals surface area contributed by atoms with Gasteiger partial charge in [0.25, 0.3) is 0 Å². The lowest BCUT2D eigenvalue weighted by Crippen LogP contribution is -2.34. The van der Waals surface area contributed by atoms with Crippen LogP contribution >= 0.6 is 11.6 Å². The van der Waals surface area contributed by atoms with Crippen molar-refractivity contribution in [3.63, 3.8) is 0 Å². The molecule has 1 spiro atoms. The van der Waals surface area contributed by atoms with E-state index in [0.717, 1.165) is 10.8 Å². The largest absolute Gasteiger partial charge is 0.294 e. The Bertz CT molecular complexity index is 1250. The van der Waals surface area contributed by atoms with Gasteiger partial charge in [-0.15, -0.1) is 0 Å². The van der Waals surface area contributed by atoms with Gasteiger partial charge in [-0.25, -0.2) is 4.98 Å². The van der Waals surface area contributed by atoms with Crippen LogP contribution in [0.4, 0.5) is 0 Å². The fraction of sp³-hybridized carbons (Fsp3) is 0.160.